The van der Waals surface area contributed by atoms with Crippen molar-refractivity contribution >= 4 is 29.1 Å². The van der Waals surface area contributed by atoms with Crippen molar-refractivity contribution in [3.63, 3.8) is 0 Å². The molecule has 0 amide bonds. The van der Waals surface area contributed by atoms with Gasteiger partial charge in [-0.2, -0.15) is 5.10 Å². The van der Waals surface area contributed by atoms with Crippen LogP contribution < -0.4 is 19.8 Å². The number of fused-ring (bicyclic) bond motifs is 1. The largest absolute Gasteiger partial charge is 0.466 e. The highest BCUT2D eigenvalue weighted by Gasteiger charge is 2.33. The lowest BCUT2D eigenvalue weighted by Crippen LogP contribution is -2.39. The Bertz CT molecular complexity index is 1740. The van der Waals surface area contributed by atoms with Gasteiger partial charge in [0.05, 0.1) is 40.3 Å². The standard InChI is InChI=1S/C29H29N5O3S/c1-17-23(19(3)34(31-17)22-10-8-7-9-11-22)16-24-27(35)33-26(20-12-14-21(15-13-20)32(4)5)25(28(36)37-6)18(2)30-29(33)38-24/h7-16,26H,1-6H3. The number of para-hydroxylation sites is 1. The summed E-state index contributed by atoms with van der Waals surface area (Å²) in [6.07, 6.45) is 1.88. The Morgan fingerprint density at radius 2 is 1.74 bits per heavy atom. The van der Waals surface area contributed by atoms with Crippen molar-refractivity contribution in [1.82, 2.24) is 14.3 Å². The maximum absolute atomic E-state index is 13.9. The summed E-state index contributed by atoms with van der Waals surface area (Å²) in [7, 11) is 5.27. The summed E-state index contributed by atoms with van der Waals surface area (Å²) in [4.78, 5) is 34.0. The van der Waals surface area contributed by atoms with E-state index in [4.69, 9.17) is 9.84 Å². The van der Waals surface area contributed by atoms with Crippen LogP contribution in [0.1, 0.15) is 35.5 Å². The minimum atomic E-state index is -0.647. The van der Waals surface area contributed by atoms with E-state index in [-0.39, 0.29) is 5.56 Å². The molecule has 0 fully saturated rings. The first-order chi connectivity index (χ1) is 18.2. The zero-order valence-electron chi connectivity index (χ0n) is 22.2. The molecule has 1 aliphatic rings. The van der Waals surface area contributed by atoms with Gasteiger partial charge in [-0.3, -0.25) is 9.36 Å². The Morgan fingerprint density at radius 1 is 1.05 bits per heavy atom. The minimum absolute atomic E-state index is 0.212. The molecular formula is C29H29N5O3S. The zero-order valence-corrected chi connectivity index (χ0v) is 23.0. The van der Waals surface area contributed by atoms with Crippen LogP contribution in [-0.4, -0.2) is 41.5 Å². The third kappa shape index (κ3) is 4.28. The van der Waals surface area contributed by atoms with Crippen LogP contribution in [0.15, 0.2) is 75.7 Å². The summed E-state index contributed by atoms with van der Waals surface area (Å²) in [6, 6.07) is 17.1. The van der Waals surface area contributed by atoms with E-state index in [0.29, 0.717) is 20.6 Å². The van der Waals surface area contributed by atoms with Gasteiger partial charge in [0, 0.05) is 31.0 Å². The summed E-state index contributed by atoms with van der Waals surface area (Å²) >= 11 is 1.31. The van der Waals surface area contributed by atoms with Gasteiger partial charge < -0.3 is 9.64 Å². The van der Waals surface area contributed by atoms with Crippen molar-refractivity contribution in [3.05, 3.63) is 108 Å². The van der Waals surface area contributed by atoms with Crippen molar-refractivity contribution in [1.29, 1.82) is 0 Å². The van der Waals surface area contributed by atoms with Crippen LogP contribution in [0.4, 0.5) is 5.69 Å². The predicted molar refractivity (Wildman–Crippen MR) is 150 cm³/mol. The van der Waals surface area contributed by atoms with Crippen LogP contribution in [0.2, 0.25) is 0 Å². The first-order valence-corrected chi connectivity index (χ1v) is 13.0. The highest BCUT2D eigenvalue weighted by atomic mass is 32.1. The lowest BCUT2D eigenvalue weighted by Gasteiger charge is -2.25. The molecule has 38 heavy (non-hydrogen) atoms. The van der Waals surface area contributed by atoms with Crippen LogP contribution in [0.3, 0.4) is 0 Å². The van der Waals surface area contributed by atoms with E-state index in [1.807, 2.05) is 98.2 Å². The Kier molecular flexibility index (Phi) is 6.62. The summed E-state index contributed by atoms with van der Waals surface area (Å²) in [6.45, 7) is 5.71. The number of carbonyl (C=O) groups is 1. The minimum Gasteiger partial charge on any atom is -0.466 e. The van der Waals surface area contributed by atoms with Gasteiger partial charge in [-0.1, -0.05) is 41.7 Å². The monoisotopic (exact) mass is 527 g/mol. The molecular weight excluding hydrogens is 498 g/mol. The first kappa shape index (κ1) is 25.4. The molecule has 4 aromatic rings. The normalized spacial score (nSPS) is 15.3. The molecule has 2 aromatic carbocycles. The van der Waals surface area contributed by atoms with Crippen LogP contribution in [0.5, 0.6) is 0 Å². The lowest BCUT2D eigenvalue weighted by atomic mass is 9.95. The number of aryl methyl sites for hydroxylation is 1. The number of esters is 1. The maximum atomic E-state index is 13.9. The number of allylic oxidation sites excluding steroid dienone is 1. The molecule has 2 aromatic heterocycles. The highest BCUT2D eigenvalue weighted by Crippen LogP contribution is 2.31. The number of ether oxygens (including phenoxy) is 1. The summed E-state index contributed by atoms with van der Waals surface area (Å²) < 4.78 is 9.12. The molecule has 9 heteroatoms. The molecule has 1 atom stereocenters. The molecule has 0 saturated heterocycles. The van der Waals surface area contributed by atoms with Gasteiger partial charge in [-0.05, 0) is 56.7 Å². The van der Waals surface area contributed by atoms with Crippen LogP contribution in [-0.2, 0) is 9.53 Å². The summed E-state index contributed by atoms with van der Waals surface area (Å²) in [5.74, 6) is -0.502. The number of methoxy groups -OCH3 is 1. The zero-order chi connectivity index (χ0) is 27.1. The number of aromatic nitrogens is 3. The van der Waals surface area contributed by atoms with E-state index in [0.717, 1.165) is 33.9 Å². The average molecular weight is 528 g/mol. The van der Waals surface area contributed by atoms with Gasteiger partial charge in [-0.25, -0.2) is 14.5 Å². The average Bonchev–Trinajstić information content (AvgIpc) is 3.38. The van der Waals surface area contributed by atoms with Gasteiger partial charge in [0.2, 0.25) is 0 Å². The number of hydrogen-bond acceptors (Lipinski definition) is 7. The molecule has 0 spiro atoms. The second-order valence-corrected chi connectivity index (χ2v) is 10.4. The third-order valence-electron chi connectivity index (χ3n) is 6.78. The Hall–Kier alpha value is -4.24. The smallest absolute Gasteiger partial charge is 0.338 e. The van der Waals surface area contributed by atoms with Gasteiger partial charge in [0.1, 0.15) is 0 Å². The highest BCUT2D eigenvalue weighted by molar-refractivity contribution is 7.07. The summed E-state index contributed by atoms with van der Waals surface area (Å²) in [5.41, 5.74) is 6.09. The molecule has 0 N–H and O–H groups in total. The molecule has 1 unspecified atom stereocenters. The predicted octanol–water partition coefficient (Wildman–Crippen LogP) is 3.28. The van der Waals surface area contributed by atoms with Crippen molar-refractivity contribution in [2.45, 2.75) is 26.8 Å². The molecule has 0 bridgehead atoms. The van der Waals surface area contributed by atoms with E-state index < -0.39 is 12.0 Å². The Balaban J connectivity index is 1.70. The maximum Gasteiger partial charge on any atom is 0.338 e. The van der Waals surface area contributed by atoms with E-state index >= 15 is 0 Å². The quantitative estimate of drug-likeness (QED) is 0.372. The third-order valence-corrected chi connectivity index (χ3v) is 7.76. The van der Waals surface area contributed by atoms with E-state index in [2.05, 4.69) is 4.99 Å². The number of benzene rings is 2. The fourth-order valence-electron chi connectivity index (χ4n) is 4.78. The number of carbonyl (C=O) groups excluding carboxylic acids is 1. The van der Waals surface area contributed by atoms with Gasteiger partial charge in [-0.15, -0.1) is 0 Å². The number of thiazole rings is 1. The topological polar surface area (TPSA) is 81.7 Å². The van der Waals surface area contributed by atoms with Gasteiger partial charge >= 0.3 is 5.97 Å². The van der Waals surface area contributed by atoms with E-state index in [1.54, 1.807) is 11.5 Å². The molecule has 1 aliphatic heterocycles. The molecule has 5 rings (SSSR count). The number of rotatable bonds is 5. The first-order valence-electron chi connectivity index (χ1n) is 12.2. The fraction of sp³-hybridized carbons (Fsp3) is 0.241. The van der Waals surface area contributed by atoms with Crippen molar-refractivity contribution in [2.75, 3.05) is 26.1 Å². The Morgan fingerprint density at radius 3 is 2.37 bits per heavy atom. The molecule has 0 saturated carbocycles. The van der Waals surface area contributed by atoms with Crippen LogP contribution >= 0.6 is 11.3 Å². The van der Waals surface area contributed by atoms with Gasteiger partial charge in [0.15, 0.2) is 4.80 Å². The molecule has 8 nitrogen and oxygen atoms in total. The molecule has 0 radical (unpaired) electrons. The van der Waals surface area contributed by atoms with Crippen molar-refractivity contribution in [2.24, 2.45) is 4.99 Å². The molecule has 0 aliphatic carbocycles. The van der Waals surface area contributed by atoms with Crippen LogP contribution in [0.25, 0.3) is 11.8 Å². The van der Waals surface area contributed by atoms with Crippen LogP contribution in [0, 0.1) is 13.8 Å². The number of hydrogen-bond donors (Lipinski definition) is 0. The number of nitrogens with zero attached hydrogens (tertiary/aromatic N) is 5. The fourth-order valence-corrected chi connectivity index (χ4v) is 5.81. The second-order valence-electron chi connectivity index (χ2n) is 9.39. The van der Waals surface area contributed by atoms with E-state index in [1.165, 1.54) is 18.4 Å². The van der Waals surface area contributed by atoms with E-state index in [9.17, 15) is 9.59 Å². The second kappa shape index (κ2) is 9.90. The van der Waals surface area contributed by atoms with Crippen molar-refractivity contribution in [3.8, 4) is 5.69 Å². The Labute approximate surface area is 224 Å². The summed E-state index contributed by atoms with van der Waals surface area (Å²) in [5, 5.41) is 4.72. The molecule has 194 valence electrons. The number of anilines is 1. The van der Waals surface area contributed by atoms with Crippen molar-refractivity contribution < 1.29 is 9.53 Å². The van der Waals surface area contributed by atoms with Gasteiger partial charge in [0.25, 0.3) is 5.56 Å². The lowest BCUT2D eigenvalue weighted by molar-refractivity contribution is -0.136. The SMILES string of the molecule is COC(=O)C1=C(C)N=c2sc(=Cc3c(C)nn(-c4ccccc4)c3C)c(=O)n2C1c1ccc(N(C)C)cc1. The molecule has 3 heterocycles.